The second-order valence-corrected chi connectivity index (χ2v) is 3.78. The smallest absolute Gasteiger partial charge is 0.261 e. The van der Waals surface area contributed by atoms with Crippen LogP contribution in [0.15, 0.2) is 0 Å². The fourth-order valence-electron chi connectivity index (χ4n) is 1.47. The quantitative estimate of drug-likeness (QED) is 0.662. The van der Waals surface area contributed by atoms with Gasteiger partial charge in [0.05, 0.1) is 6.54 Å². The van der Waals surface area contributed by atoms with Gasteiger partial charge in [-0.3, -0.25) is 4.90 Å². The van der Waals surface area contributed by atoms with Crippen LogP contribution in [0.1, 0.15) is 13.3 Å². The fraction of sp³-hybridized carbons (Fsp3) is 1.00. The van der Waals surface area contributed by atoms with Crippen LogP contribution in [0.2, 0.25) is 0 Å². The number of likely N-dealkylation sites (N-methyl/N-ethyl adjacent to an activating group) is 1. The van der Waals surface area contributed by atoms with Gasteiger partial charge in [-0.15, -0.1) is 0 Å². The Morgan fingerprint density at radius 3 is 2.62 bits per heavy atom. The molecule has 1 heterocycles. The summed E-state index contributed by atoms with van der Waals surface area (Å²) in [4.78, 5) is 3.97. The van der Waals surface area contributed by atoms with E-state index in [2.05, 4.69) is 11.8 Å². The number of hydrogen-bond acceptors (Lipinski definition) is 2. The molecule has 0 amide bonds. The third-order valence-corrected chi connectivity index (χ3v) is 2.59. The predicted octanol–water partition coefficient (Wildman–Crippen LogP) is 1.28. The molecule has 1 aliphatic rings. The van der Waals surface area contributed by atoms with E-state index in [4.69, 9.17) is 0 Å². The molecule has 0 aliphatic carbocycles. The van der Waals surface area contributed by atoms with E-state index in [0.717, 1.165) is 19.6 Å². The van der Waals surface area contributed by atoms with Gasteiger partial charge in [0.15, 0.2) is 0 Å². The predicted molar refractivity (Wildman–Crippen MR) is 49.2 cm³/mol. The normalized spacial score (nSPS) is 22.8. The van der Waals surface area contributed by atoms with Crippen molar-refractivity contribution in [3.05, 3.63) is 0 Å². The summed E-state index contributed by atoms with van der Waals surface area (Å²) >= 11 is 0. The third-order valence-electron chi connectivity index (χ3n) is 2.59. The van der Waals surface area contributed by atoms with Crippen LogP contribution >= 0.6 is 0 Å². The zero-order chi connectivity index (χ0) is 9.90. The highest BCUT2D eigenvalue weighted by atomic mass is 19.3. The molecular formula is C9H18F2N2. The van der Waals surface area contributed by atoms with Gasteiger partial charge in [0.1, 0.15) is 0 Å². The molecule has 0 N–H and O–H groups in total. The first-order chi connectivity index (χ1) is 6.03. The minimum absolute atomic E-state index is 0.0306. The van der Waals surface area contributed by atoms with Gasteiger partial charge in [0.2, 0.25) is 0 Å². The van der Waals surface area contributed by atoms with Crippen LogP contribution in [0, 0.1) is 0 Å². The van der Waals surface area contributed by atoms with Crippen molar-refractivity contribution in [2.45, 2.75) is 19.3 Å². The molecule has 0 aromatic rings. The summed E-state index contributed by atoms with van der Waals surface area (Å²) in [5, 5.41) is 0. The number of nitrogens with zero attached hydrogens (tertiary/aromatic N) is 2. The zero-order valence-corrected chi connectivity index (χ0v) is 8.39. The molecule has 0 aromatic carbocycles. The van der Waals surface area contributed by atoms with Gasteiger partial charge in [-0.2, -0.15) is 0 Å². The summed E-state index contributed by atoms with van der Waals surface area (Å²) in [5.74, 6) is -2.44. The molecule has 13 heavy (non-hydrogen) atoms. The Bertz CT molecular complexity index is 162. The molecule has 0 atom stereocenters. The molecule has 4 heteroatoms. The highest BCUT2D eigenvalue weighted by Gasteiger charge is 2.37. The second kappa shape index (κ2) is 4.33. The van der Waals surface area contributed by atoms with Crippen molar-refractivity contribution in [2.24, 2.45) is 0 Å². The van der Waals surface area contributed by atoms with E-state index in [1.165, 1.54) is 0 Å². The minimum Gasteiger partial charge on any atom is -0.305 e. The van der Waals surface area contributed by atoms with Crippen LogP contribution in [0.25, 0.3) is 0 Å². The van der Waals surface area contributed by atoms with Crippen molar-refractivity contribution in [3.8, 4) is 0 Å². The summed E-state index contributed by atoms with van der Waals surface area (Å²) < 4.78 is 25.5. The summed E-state index contributed by atoms with van der Waals surface area (Å²) in [7, 11) is 2.01. The Morgan fingerprint density at radius 1 is 1.46 bits per heavy atom. The monoisotopic (exact) mass is 192 g/mol. The van der Waals surface area contributed by atoms with Gasteiger partial charge in [-0.1, -0.05) is 6.92 Å². The van der Waals surface area contributed by atoms with E-state index in [0.29, 0.717) is 6.54 Å². The molecule has 0 saturated carbocycles. The molecule has 0 spiro atoms. The second-order valence-electron chi connectivity index (χ2n) is 3.78. The molecule has 0 bridgehead atoms. The molecule has 0 aromatic heterocycles. The first kappa shape index (κ1) is 10.9. The minimum atomic E-state index is -2.44. The molecule has 78 valence electrons. The Balaban J connectivity index is 2.17. The van der Waals surface area contributed by atoms with Gasteiger partial charge in [0.25, 0.3) is 5.92 Å². The lowest BCUT2D eigenvalue weighted by atomic mass is 10.3. The molecule has 0 unspecified atom stereocenters. The van der Waals surface area contributed by atoms with Gasteiger partial charge in [-0.25, -0.2) is 8.78 Å². The average Bonchev–Trinajstić information content (AvgIpc) is 2.41. The number of hydrogen-bond donors (Lipinski definition) is 0. The van der Waals surface area contributed by atoms with Gasteiger partial charge < -0.3 is 4.90 Å². The number of halogens is 2. The van der Waals surface area contributed by atoms with Crippen LogP contribution in [0.5, 0.6) is 0 Å². The zero-order valence-electron chi connectivity index (χ0n) is 8.39. The lowest BCUT2D eigenvalue weighted by Crippen LogP contribution is -2.33. The highest BCUT2D eigenvalue weighted by molar-refractivity contribution is 4.81. The SMILES string of the molecule is CCN(C)CCN1CCC(F)(F)C1. The van der Waals surface area contributed by atoms with Crippen molar-refractivity contribution in [3.63, 3.8) is 0 Å². The van der Waals surface area contributed by atoms with Crippen molar-refractivity contribution >= 4 is 0 Å². The van der Waals surface area contributed by atoms with Crippen LogP contribution in [0.4, 0.5) is 8.78 Å². The molecule has 1 aliphatic heterocycles. The maximum Gasteiger partial charge on any atom is 0.261 e. The first-order valence-corrected chi connectivity index (χ1v) is 4.82. The summed E-state index contributed by atoms with van der Waals surface area (Å²) in [6, 6.07) is 0. The van der Waals surface area contributed by atoms with E-state index in [1.54, 1.807) is 0 Å². The lowest BCUT2D eigenvalue weighted by molar-refractivity contribution is 0.0117. The number of alkyl halides is 2. The molecule has 0 radical (unpaired) electrons. The number of likely N-dealkylation sites (tertiary alicyclic amines) is 1. The maximum atomic E-state index is 12.7. The maximum absolute atomic E-state index is 12.7. The Hall–Kier alpha value is -0.220. The van der Waals surface area contributed by atoms with E-state index < -0.39 is 5.92 Å². The van der Waals surface area contributed by atoms with E-state index in [-0.39, 0.29) is 13.0 Å². The van der Waals surface area contributed by atoms with E-state index in [9.17, 15) is 8.78 Å². The van der Waals surface area contributed by atoms with Crippen molar-refractivity contribution in [1.29, 1.82) is 0 Å². The standard InChI is InChI=1S/C9H18F2N2/c1-3-12(2)6-7-13-5-4-9(10,11)8-13/h3-8H2,1-2H3. The van der Waals surface area contributed by atoms with Gasteiger partial charge >= 0.3 is 0 Å². The largest absolute Gasteiger partial charge is 0.305 e. The van der Waals surface area contributed by atoms with Crippen LogP contribution in [-0.2, 0) is 0 Å². The van der Waals surface area contributed by atoms with E-state index >= 15 is 0 Å². The summed E-state index contributed by atoms with van der Waals surface area (Å²) in [6.45, 7) is 5.18. The molecule has 2 nitrogen and oxygen atoms in total. The third kappa shape index (κ3) is 3.56. The summed E-state index contributed by atoms with van der Waals surface area (Å²) in [5.41, 5.74) is 0. The van der Waals surface area contributed by atoms with Crippen molar-refractivity contribution in [2.75, 3.05) is 39.8 Å². The van der Waals surface area contributed by atoms with Gasteiger partial charge in [0, 0.05) is 26.1 Å². The molecule has 1 saturated heterocycles. The van der Waals surface area contributed by atoms with Crippen LogP contribution < -0.4 is 0 Å². The average molecular weight is 192 g/mol. The topological polar surface area (TPSA) is 6.48 Å². The number of rotatable bonds is 4. The fourth-order valence-corrected chi connectivity index (χ4v) is 1.47. The Morgan fingerprint density at radius 2 is 2.15 bits per heavy atom. The van der Waals surface area contributed by atoms with Crippen LogP contribution in [-0.4, -0.2) is 55.5 Å². The summed E-state index contributed by atoms with van der Waals surface area (Å²) in [6.07, 6.45) is 0.0306. The lowest BCUT2D eigenvalue weighted by Gasteiger charge is -2.19. The first-order valence-electron chi connectivity index (χ1n) is 4.82. The van der Waals surface area contributed by atoms with E-state index in [1.807, 2.05) is 11.9 Å². The molecule has 1 rings (SSSR count). The highest BCUT2D eigenvalue weighted by Crippen LogP contribution is 2.26. The Labute approximate surface area is 78.5 Å². The Kier molecular flexibility index (Phi) is 3.62. The molecule has 1 fully saturated rings. The van der Waals surface area contributed by atoms with Crippen molar-refractivity contribution < 1.29 is 8.78 Å². The molecular weight excluding hydrogens is 174 g/mol. The van der Waals surface area contributed by atoms with Crippen molar-refractivity contribution in [1.82, 2.24) is 9.80 Å². The van der Waals surface area contributed by atoms with Gasteiger partial charge in [-0.05, 0) is 13.6 Å². The van der Waals surface area contributed by atoms with Crippen LogP contribution in [0.3, 0.4) is 0 Å².